The van der Waals surface area contributed by atoms with Gasteiger partial charge < -0.3 is 0 Å². The summed E-state index contributed by atoms with van der Waals surface area (Å²) in [5, 5.41) is 17.7. The van der Waals surface area contributed by atoms with E-state index in [-0.39, 0.29) is 0 Å². The van der Waals surface area contributed by atoms with Crippen LogP contribution in [0.15, 0.2) is 79.3 Å². The summed E-state index contributed by atoms with van der Waals surface area (Å²) in [6.07, 6.45) is 3.56. The molecule has 0 N–H and O–H groups in total. The summed E-state index contributed by atoms with van der Waals surface area (Å²) in [6, 6.07) is 19.8. The van der Waals surface area contributed by atoms with Crippen LogP contribution in [-0.2, 0) is 0 Å². The van der Waals surface area contributed by atoms with Crippen LogP contribution >= 0.6 is 44.3 Å². The molecule has 2 aromatic carbocycles. The minimum absolute atomic E-state index is 0.623. The monoisotopic (exact) mass is 440 g/mol. The molecule has 2 heterocycles. The van der Waals surface area contributed by atoms with Crippen LogP contribution in [0.3, 0.4) is 0 Å². The van der Waals surface area contributed by atoms with Gasteiger partial charge in [0.15, 0.2) is 8.68 Å². The molecule has 0 atom stereocenters. The lowest BCUT2D eigenvalue weighted by Gasteiger charge is -1.89. The second-order valence-corrected chi connectivity index (χ2v) is 9.74. The summed E-state index contributed by atoms with van der Waals surface area (Å²) in [7, 11) is 2.98. The predicted molar refractivity (Wildman–Crippen MR) is 119 cm³/mol. The van der Waals surface area contributed by atoms with Crippen LogP contribution in [-0.4, -0.2) is 32.8 Å². The number of hydrogen-bond acceptors (Lipinski definition) is 10. The van der Waals surface area contributed by atoms with Gasteiger partial charge in [-0.25, -0.2) is 9.98 Å². The van der Waals surface area contributed by atoms with Gasteiger partial charge in [0, 0.05) is 12.4 Å². The predicted octanol–water partition coefficient (Wildman–Crippen LogP) is 5.69. The first-order valence-corrected chi connectivity index (χ1v) is 11.8. The topological polar surface area (TPSA) is 76.3 Å². The van der Waals surface area contributed by atoms with Crippen LogP contribution in [0.2, 0.25) is 0 Å². The Morgan fingerprint density at radius 1 is 0.607 bits per heavy atom. The van der Waals surface area contributed by atoms with Gasteiger partial charge in [-0.2, -0.15) is 0 Å². The number of rotatable bonds is 7. The van der Waals surface area contributed by atoms with Gasteiger partial charge in [-0.1, -0.05) is 83.3 Å². The molecule has 2 aromatic heterocycles. The highest BCUT2D eigenvalue weighted by Gasteiger charge is 2.08. The van der Waals surface area contributed by atoms with Gasteiger partial charge in [0.2, 0.25) is 10.3 Å². The van der Waals surface area contributed by atoms with E-state index in [1.165, 1.54) is 44.3 Å². The van der Waals surface area contributed by atoms with Crippen molar-refractivity contribution >= 4 is 67.0 Å². The molecule has 0 aliphatic heterocycles. The van der Waals surface area contributed by atoms with E-state index in [2.05, 4.69) is 30.4 Å². The molecule has 0 fully saturated rings. The molecule has 6 nitrogen and oxygen atoms in total. The maximum absolute atomic E-state index is 4.36. The van der Waals surface area contributed by atoms with Gasteiger partial charge in [0.1, 0.15) is 0 Å². The zero-order valence-corrected chi connectivity index (χ0v) is 17.5. The quantitative estimate of drug-likeness (QED) is 0.271. The van der Waals surface area contributed by atoms with Crippen LogP contribution in [0.25, 0.3) is 0 Å². The van der Waals surface area contributed by atoms with Crippen LogP contribution in [0, 0.1) is 0 Å². The van der Waals surface area contributed by atoms with Gasteiger partial charge in [-0.15, -0.1) is 20.4 Å². The van der Waals surface area contributed by atoms with Crippen molar-refractivity contribution in [2.24, 2.45) is 9.98 Å². The molecule has 10 heteroatoms. The van der Waals surface area contributed by atoms with Gasteiger partial charge in [-0.05, 0) is 32.7 Å². The van der Waals surface area contributed by atoms with Gasteiger partial charge in [0.25, 0.3) is 0 Å². The minimum atomic E-state index is 0.623. The first-order chi connectivity index (χ1) is 13.8. The summed E-state index contributed by atoms with van der Waals surface area (Å²) in [4.78, 5) is 8.72. The molecule has 0 bridgehead atoms. The fourth-order valence-electron chi connectivity index (χ4n) is 1.99. The molecule has 0 saturated carbocycles. The molecule has 138 valence electrons. The Morgan fingerprint density at radius 2 is 1.04 bits per heavy atom. The first-order valence-electron chi connectivity index (χ1n) is 8.05. The average Bonchev–Trinajstić information content (AvgIpc) is 3.40. The van der Waals surface area contributed by atoms with Crippen molar-refractivity contribution in [1.82, 2.24) is 20.4 Å². The molecular weight excluding hydrogens is 429 g/mol. The average molecular weight is 441 g/mol. The highest BCUT2D eigenvalue weighted by molar-refractivity contribution is 8.77. The van der Waals surface area contributed by atoms with Gasteiger partial charge in [0.05, 0.1) is 0 Å². The summed E-state index contributed by atoms with van der Waals surface area (Å²) >= 11 is 2.87. The van der Waals surface area contributed by atoms with E-state index in [9.17, 15) is 0 Å². The van der Waals surface area contributed by atoms with Crippen molar-refractivity contribution in [2.45, 2.75) is 8.68 Å². The lowest BCUT2D eigenvalue weighted by atomic mass is 10.2. The van der Waals surface area contributed by atoms with Crippen molar-refractivity contribution in [3.8, 4) is 0 Å². The Bertz CT molecular complexity index is 988. The minimum Gasteiger partial charge on any atom is -0.226 e. The van der Waals surface area contributed by atoms with Crippen LogP contribution < -0.4 is 0 Å². The number of aliphatic imine (C=N–C) groups is 2. The van der Waals surface area contributed by atoms with E-state index in [4.69, 9.17) is 0 Å². The van der Waals surface area contributed by atoms with Crippen molar-refractivity contribution < 1.29 is 0 Å². The number of nitrogens with zero attached hydrogens (tertiary/aromatic N) is 6. The van der Waals surface area contributed by atoms with E-state index >= 15 is 0 Å². The molecule has 0 radical (unpaired) electrons. The first kappa shape index (κ1) is 18.9. The summed E-state index contributed by atoms with van der Waals surface area (Å²) < 4.78 is 1.63. The van der Waals surface area contributed by atoms with E-state index in [1.54, 1.807) is 12.4 Å². The molecule has 4 rings (SSSR count). The fraction of sp³-hybridized carbons (Fsp3) is 0. The van der Waals surface area contributed by atoms with Crippen LogP contribution in [0.5, 0.6) is 0 Å². The second kappa shape index (κ2) is 9.69. The SMILES string of the molecule is C(=N\c1nnc(SSc2nnc(/N=C/c3ccccc3)s2)s1)/c1ccccc1. The number of hydrogen-bond donors (Lipinski definition) is 0. The zero-order valence-electron chi connectivity index (χ0n) is 14.2. The highest BCUT2D eigenvalue weighted by atomic mass is 33.1. The normalized spacial score (nSPS) is 11.6. The molecule has 0 unspecified atom stereocenters. The van der Waals surface area contributed by atoms with Crippen molar-refractivity contribution in [2.75, 3.05) is 0 Å². The maximum atomic E-state index is 4.36. The highest BCUT2D eigenvalue weighted by Crippen LogP contribution is 2.42. The van der Waals surface area contributed by atoms with Gasteiger partial charge >= 0.3 is 0 Å². The molecular formula is C18H12N6S4. The van der Waals surface area contributed by atoms with Crippen molar-refractivity contribution in [1.29, 1.82) is 0 Å². The fourth-order valence-corrected chi connectivity index (χ4v) is 5.70. The molecule has 0 saturated heterocycles. The van der Waals surface area contributed by atoms with Crippen molar-refractivity contribution in [3.05, 3.63) is 71.8 Å². The third kappa shape index (κ3) is 5.55. The Labute approximate surface area is 177 Å². The van der Waals surface area contributed by atoms with E-state index < -0.39 is 0 Å². The van der Waals surface area contributed by atoms with Crippen LogP contribution in [0.1, 0.15) is 11.1 Å². The number of benzene rings is 2. The second-order valence-electron chi connectivity index (χ2n) is 5.21. The number of aromatic nitrogens is 4. The smallest absolute Gasteiger partial charge is 0.226 e. The molecule has 0 amide bonds. The van der Waals surface area contributed by atoms with Crippen molar-refractivity contribution in [3.63, 3.8) is 0 Å². The maximum Gasteiger partial charge on any atom is 0.232 e. The third-order valence-corrected chi connectivity index (χ3v) is 7.84. The standard InChI is InChI=1S/C18H12N6S4/c1-3-7-13(8-4-1)11-19-15-21-23-17(25-15)27-28-18-24-22-16(26-18)20-12-14-9-5-2-6-10-14/h1-12H/b19-11+,20-12+. The Hall–Kier alpha value is -2.40. The van der Waals surface area contributed by atoms with Gasteiger partial charge in [-0.3, -0.25) is 0 Å². The molecule has 0 spiro atoms. The molecule has 0 aliphatic rings. The van der Waals surface area contributed by atoms with Crippen LogP contribution in [0.4, 0.5) is 10.3 Å². The lowest BCUT2D eigenvalue weighted by molar-refractivity contribution is 1.01. The Kier molecular flexibility index (Phi) is 6.56. The molecule has 4 aromatic rings. The Balaban J connectivity index is 1.32. The van der Waals surface area contributed by atoms with E-state index in [0.29, 0.717) is 10.3 Å². The largest absolute Gasteiger partial charge is 0.232 e. The molecule has 28 heavy (non-hydrogen) atoms. The third-order valence-electron chi connectivity index (χ3n) is 3.22. The molecule has 0 aliphatic carbocycles. The van der Waals surface area contributed by atoms with E-state index in [0.717, 1.165) is 19.8 Å². The Morgan fingerprint density at radius 3 is 1.46 bits per heavy atom. The van der Waals surface area contributed by atoms with E-state index in [1.807, 2.05) is 60.7 Å². The summed E-state index contributed by atoms with van der Waals surface area (Å²) in [5.74, 6) is 0. The lowest BCUT2D eigenvalue weighted by Crippen LogP contribution is -1.77. The summed E-state index contributed by atoms with van der Waals surface area (Å²) in [5.41, 5.74) is 2.05. The summed E-state index contributed by atoms with van der Waals surface area (Å²) in [6.45, 7) is 0. The zero-order chi connectivity index (χ0) is 19.0.